The average Bonchev–Trinajstić information content (AvgIpc) is 3.56. The molecule has 32 heavy (non-hydrogen) atoms. The Morgan fingerprint density at radius 2 is 1.72 bits per heavy atom. The molecular weight excluding hydrogens is 435 g/mol. The lowest BCUT2D eigenvalue weighted by atomic mass is 9.90. The lowest BCUT2D eigenvalue weighted by Crippen LogP contribution is -2.31. The maximum atomic E-state index is 13.1. The molecule has 0 amide bonds. The summed E-state index contributed by atoms with van der Waals surface area (Å²) < 4.78 is 47.0. The van der Waals surface area contributed by atoms with E-state index in [9.17, 15) is 13.2 Å². The third-order valence-corrected chi connectivity index (χ3v) is 6.51. The molecule has 0 bridgehead atoms. The van der Waals surface area contributed by atoms with Gasteiger partial charge in [-0.25, -0.2) is 9.98 Å². The van der Waals surface area contributed by atoms with Crippen LogP contribution in [0.15, 0.2) is 90.4 Å². The second kappa shape index (κ2) is 7.94. The zero-order chi connectivity index (χ0) is 22.2. The molecule has 0 fully saturated rings. The molecule has 1 atom stereocenters. The second-order valence-corrected chi connectivity index (χ2v) is 8.66. The van der Waals surface area contributed by atoms with Gasteiger partial charge in [-0.05, 0) is 35.4 Å². The molecule has 0 N–H and O–H groups in total. The Labute approximate surface area is 186 Å². The average molecular weight is 453 g/mol. The van der Waals surface area contributed by atoms with E-state index in [1.807, 2.05) is 47.0 Å². The highest BCUT2D eigenvalue weighted by atomic mass is 32.1. The predicted octanol–water partition coefficient (Wildman–Crippen LogP) is 6.00. The number of aromatic nitrogens is 2. The van der Waals surface area contributed by atoms with Crippen LogP contribution in [-0.2, 0) is 23.0 Å². The first-order valence-electron chi connectivity index (χ1n) is 9.95. The van der Waals surface area contributed by atoms with Gasteiger partial charge < -0.3 is 9.30 Å². The number of alkyl halides is 3. The summed E-state index contributed by atoms with van der Waals surface area (Å²) in [5.41, 5.74) is 0.230. The van der Waals surface area contributed by atoms with Gasteiger partial charge >= 0.3 is 6.18 Å². The SMILES string of the molecule is FC(F)(F)c1ccc(C2(Cn3ccnc3)COC(c3ccc(-c4ccccc4)s3)=N2)cc1. The van der Waals surface area contributed by atoms with Crippen molar-refractivity contribution in [1.82, 2.24) is 9.55 Å². The molecule has 0 aliphatic carbocycles. The van der Waals surface area contributed by atoms with E-state index in [0.717, 1.165) is 27.5 Å². The Balaban J connectivity index is 1.51. The monoisotopic (exact) mass is 453 g/mol. The van der Waals surface area contributed by atoms with Crippen LogP contribution in [0.1, 0.15) is 16.0 Å². The van der Waals surface area contributed by atoms with Crippen LogP contribution in [0.25, 0.3) is 10.4 Å². The highest BCUT2D eigenvalue weighted by Gasteiger charge is 2.40. The van der Waals surface area contributed by atoms with Gasteiger partial charge in [0.05, 0.1) is 23.3 Å². The van der Waals surface area contributed by atoms with E-state index in [2.05, 4.69) is 4.98 Å². The van der Waals surface area contributed by atoms with Crippen LogP contribution < -0.4 is 0 Å². The number of imidazole rings is 1. The van der Waals surface area contributed by atoms with Gasteiger partial charge in [-0.1, -0.05) is 42.5 Å². The van der Waals surface area contributed by atoms with Gasteiger partial charge in [0.25, 0.3) is 0 Å². The highest BCUT2D eigenvalue weighted by molar-refractivity contribution is 7.17. The first-order valence-corrected chi connectivity index (χ1v) is 10.8. The summed E-state index contributed by atoms with van der Waals surface area (Å²) in [6, 6.07) is 19.2. The van der Waals surface area contributed by atoms with E-state index >= 15 is 0 Å². The van der Waals surface area contributed by atoms with Gasteiger partial charge in [-0.2, -0.15) is 13.2 Å². The molecule has 162 valence electrons. The lowest BCUT2D eigenvalue weighted by molar-refractivity contribution is -0.137. The minimum atomic E-state index is -4.39. The van der Waals surface area contributed by atoms with Gasteiger partial charge in [-0.15, -0.1) is 11.3 Å². The minimum absolute atomic E-state index is 0.227. The summed E-state index contributed by atoms with van der Waals surface area (Å²) >= 11 is 1.57. The molecule has 1 aliphatic rings. The Kier molecular flexibility index (Phi) is 5.09. The maximum Gasteiger partial charge on any atom is 0.416 e. The van der Waals surface area contributed by atoms with Crippen molar-refractivity contribution < 1.29 is 17.9 Å². The summed E-state index contributed by atoms with van der Waals surface area (Å²) in [6.45, 7) is 0.628. The summed E-state index contributed by atoms with van der Waals surface area (Å²) in [7, 11) is 0. The molecule has 8 heteroatoms. The van der Waals surface area contributed by atoms with E-state index in [0.29, 0.717) is 18.0 Å². The third-order valence-electron chi connectivity index (χ3n) is 5.39. The number of hydrogen-bond acceptors (Lipinski definition) is 4. The highest BCUT2D eigenvalue weighted by Crippen LogP contribution is 2.38. The molecular formula is C24H18F3N3OS. The molecule has 5 rings (SSSR count). The molecule has 2 aromatic carbocycles. The zero-order valence-corrected chi connectivity index (χ0v) is 17.6. The number of rotatable bonds is 5. The van der Waals surface area contributed by atoms with E-state index in [1.165, 1.54) is 12.1 Å². The number of ether oxygens (including phenoxy) is 1. The Bertz CT molecular complexity index is 1230. The zero-order valence-electron chi connectivity index (χ0n) is 16.8. The van der Waals surface area contributed by atoms with Crippen LogP contribution in [0.5, 0.6) is 0 Å². The van der Waals surface area contributed by atoms with Crippen molar-refractivity contribution in [3.8, 4) is 10.4 Å². The Morgan fingerprint density at radius 1 is 0.969 bits per heavy atom. The maximum absolute atomic E-state index is 13.1. The van der Waals surface area contributed by atoms with Gasteiger partial charge in [-0.3, -0.25) is 0 Å². The molecule has 0 radical (unpaired) electrons. The second-order valence-electron chi connectivity index (χ2n) is 7.58. The van der Waals surface area contributed by atoms with Crippen LogP contribution in [0, 0.1) is 0 Å². The van der Waals surface area contributed by atoms with Crippen molar-refractivity contribution in [2.45, 2.75) is 18.3 Å². The fourth-order valence-electron chi connectivity index (χ4n) is 3.76. The molecule has 4 aromatic rings. The number of hydrogen-bond donors (Lipinski definition) is 0. The Hall–Kier alpha value is -3.39. The fourth-order valence-corrected chi connectivity index (χ4v) is 4.71. The van der Waals surface area contributed by atoms with Crippen LogP contribution >= 0.6 is 11.3 Å². The van der Waals surface area contributed by atoms with Crippen molar-refractivity contribution in [1.29, 1.82) is 0 Å². The topological polar surface area (TPSA) is 39.4 Å². The van der Waals surface area contributed by atoms with Crippen molar-refractivity contribution in [2.24, 2.45) is 4.99 Å². The van der Waals surface area contributed by atoms with Gasteiger partial charge in [0.2, 0.25) is 5.90 Å². The quantitative estimate of drug-likeness (QED) is 0.372. The smallest absolute Gasteiger partial charge is 0.416 e. The van der Waals surface area contributed by atoms with Crippen LogP contribution in [0.3, 0.4) is 0 Å². The molecule has 1 unspecified atom stereocenters. The summed E-state index contributed by atoms with van der Waals surface area (Å²) in [4.78, 5) is 11.0. The van der Waals surface area contributed by atoms with Gasteiger partial charge in [0.15, 0.2) is 0 Å². The van der Waals surface area contributed by atoms with E-state index in [1.54, 1.807) is 30.1 Å². The normalized spacial score (nSPS) is 18.4. The standard InChI is InChI=1S/C24H18F3N3OS/c25-24(26,27)19-8-6-18(7-9-19)23(14-30-13-12-28-16-30)15-31-22(29-23)21-11-10-20(32-21)17-4-2-1-3-5-17/h1-13,16H,14-15H2. The van der Waals surface area contributed by atoms with Crippen LogP contribution in [0.2, 0.25) is 0 Å². The number of aliphatic imine (C=N–C) groups is 1. The van der Waals surface area contributed by atoms with Gasteiger partial charge in [0.1, 0.15) is 12.1 Å². The largest absolute Gasteiger partial charge is 0.474 e. The van der Waals surface area contributed by atoms with Crippen molar-refractivity contribution in [3.05, 3.63) is 101 Å². The number of thiophene rings is 1. The molecule has 1 aliphatic heterocycles. The summed E-state index contributed by atoms with van der Waals surface area (Å²) in [6.07, 6.45) is 0.740. The fraction of sp³-hybridized carbons (Fsp3) is 0.167. The van der Waals surface area contributed by atoms with Crippen molar-refractivity contribution in [3.63, 3.8) is 0 Å². The van der Waals surface area contributed by atoms with Crippen molar-refractivity contribution in [2.75, 3.05) is 6.61 Å². The van der Waals surface area contributed by atoms with Gasteiger partial charge in [0, 0.05) is 17.3 Å². The number of benzene rings is 2. The van der Waals surface area contributed by atoms with Crippen molar-refractivity contribution >= 4 is 17.2 Å². The number of halogens is 3. The first-order chi connectivity index (χ1) is 15.4. The number of nitrogens with zero attached hydrogens (tertiary/aromatic N) is 3. The molecule has 0 saturated heterocycles. The lowest BCUT2D eigenvalue weighted by Gasteiger charge is -2.25. The summed E-state index contributed by atoms with van der Waals surface area (Å²) in [5, 5.41) is 0. The predicted molar refractivity (Wildman–Crippen MR) is 118 cm³/mol. The molecule has 4 nitrogen and oxygen atoms in total. The summed E-state index contributed by atoms with van der Waals surface area (Å²) in [5.74, 6) is 0.497. The Morgan fingerprint density at radius 3 is 2.41 bits per heavy atom. The minimum Gasteiger partial charge on any atom is -0.474 e. The molecule has 3 heterocycles. The first kappa shape index (κ1) is 20.5. The van der Waals surface area contributed by atoms with Crippen LogP contribution in [0.4, 0.5) is 13.2 Å². The molecule has 0 spiro atoms. The van der Waals surface area contributed by atoms with E-state index in [-0.39, 0.29) is 6.61 Å². The third kappa shape index (κ3) is 3.93. The van der Waals surface area contributed by atoms with E-state index < -0.39 is 17.3 Å². The van der Waals surface area contributed by atoms with E-state index in [4.69, 9.17) is 9.73 Å². The molecule has 0 saturated carbocycles. The van der Waals surface area contributed by atoms with Crippen LogP contribution in [-0.4, -0.2) is 22.1 Å². The molecule has 2 aromatic heterocycles.